The van der Waals surface area contributed by atoms with Crippen molar-refractivity contribution in [3.63, 3.8) is 0 Å². The van der Waals surface area contributed by atoms with Crippen LogP contribution in [0.4, 0.5) is 23.7 Å². The fourth-order valence-corrected chi connectivity index (χ4v) is 3.78. The van der Waals surface area contributed by atoms with Crippen molar-refractivity contribution in [3.05, 3.63) is 65.7 Å². The van der Waals surface area contributed by atoms with Gasteiger partial charge in [0.05, 0.1) is 23.9 Å². The summed E-state index contributed by atoms with van der Waals surface area (Å²) in [4.78, 5) is 14.5. The van der Waals surface area contributed by atoms with E-state index >= 15 is 0 Å². The van der Waals surface area contributed by atoms with Gasteiger partial charge < -0.3 is 15.3 Å². The monoisotopic (exact) mass is 406 g/mol. The molecule has 0 aromatic heterocycles. The molecule has 2 aromatic rings. The fraction of sp³-hybridized carbons (Fsp3) is 0.409. The van der Waals surface area contributed by atoms with Crippen molar-refractivity contribution in [2.75, 3.05) is 11.9 Å². The molecule has 1 aliphatic rings. The number of alkyl halides is 3. The summed E-state index contributed by atoms with van der Waals surface area (Å²) in [5, 5.41) is 13.0. The standard InChI is InChI=1S/C22H25F3N2O2/c23-22(24,25)18-13-7-8-14-19(18)26-21(29)27(17-11-5-2-6-12-17)15-20(28)16-9-3-1-4-10-16/h1,3-4,7-10,13-14,17,20,28H,2,5-6,11-12,15H2,(H,26,29)/t20-/m0/s1. The van der Waals surface area contributed by atoms with Gasteiger partial charge in [-0.3, -0.25) is 0 Å². The van der Waals surface area contributed by atoms with Gasteiger partial charge in [-0.1, -0.05) is 61.7 Å². The van der Waals surface area contributed by atoms with Crippen LogP contribution in [0.1, 0.15) is 49.3 Å². The maximum Gasteiger partial charge on any atom is 0.418 e. The third-order valence-electron chi connectivity index (χ3n) is 5.30. The first kappa shape index (κ1) is 21.2. The van der Waals surface area contributed by atoms with Gasteiger partial charge in [-0.2, -0.15) is 13.2 Å². The third-order valence-corrected chi connectivity index (χ3v) is 5.30. The number of halogens is 3. The van der Waals surface area contributed by atoms with Crippen molar-refractivity contribution >= 4 is 11.7 Å². The maximum absolute atomic E-state index is 13.3. The van der Waals surface area contributed by atoms with Crippen LogP contribution in [0.25, 0.3) is 0 Å². The van der Waals surface area contributed by atoms with Crippen LogP contribution in [-0.4, -0.2) is 28.6 Å². The smallest absolute Gasteiger partial charge is 0.387 e. The minimum Gasteiger partial charge on any atom is -0.387 e. The molecule has 1 atom stereocenters. The van der Waals surface area contributed by atoms with E-state index in [2.05, 4.69) is 5.32 Å². The van der Waals surface area contributed by atoms with Gasteiger partial charge in [-0.25, -0.2) is 4.79 Å². The molecule has 1 fully saturated rings. The number of nitrogens with zero attached hydrogens (tertiary/aromatic N) is 1. The number of rotatable bonds is 5. The highest BCUT2D eigenvalue weighted by molar-refractivity contribution is 5.90. The second-order valence-electron chi connectivity index (χ2n) is 7.34. The molecular formula is C22H25F3N2O2. The van der Waals surface area contributed by atoms with Crippen LogP contribution in [0.15, 0.2) is 54.6 Å². The van der Waals surface area contributed by atoms with Crippen molar-refractivity contribution in [2.45, 2.75) is 50.4 Å². The van der Waals surface area contributed by atoms with Gasteiger partial charge in [0.25, 0.3) is 0 Å². The van der Waals surface area contributed by atoms with E-state index in [0.717, 1.165) is 38.2 Å². The Morgan fingerprint density at radius 1 is 1.03 bits per heavy atom. The molecule has 1 aliphatic carbocycles. The molecule has 1 saturated carbocycles. The lowest BCUT2D eigenvalue weighted by atomic mass is 9.94. The first-order valence-corrected chi connectivity index (χ1v) is 9.83. The highest BCUT2D eigenvalue weighted by atomic mass is 19.4. The number of nitrogens with one attached hydrogen (secondary N) is 1. The number of urea groups is 1. The second kappa shape index (κ2) is 9.31. The SMILES string of the molecule is O=C(Nc1ccccc1C(F)(F)F)N(C[C@H](O)c1ccccc1)C1CCCCC1. The molecule has 0 aliphatic heterocycles. The van der Waals surface area contributed by atoms with Crippen LogP contribution in [-0.2, 0) is 6.18 Å². The molecule has 0 heterocycles. The van der Waals surface area contributed by atoms with Gasteiger partial charge in [0.2, 0.25) is 0 Å². The number of amides is 2. The van der Waals surface area contributed by atoms with Gasteiger partial charge in [-0.15, -0.1) is 0 Å². The normalized spacial score (nSPS) is 16.3. The van der Waals surface area contributed by atoms with E-state index in [4.69, 9.17) is 0 Å². The average molecular weight is 406 g/mol. The molecule has 2 amide bonds. The lowest BCUT2D eigenvalue weighted by molar-refractivity contribution is -0.136. The maximum atomic E-state index is 13.3. The number of carbonyl (C=O) groups is 1. The minimum atomic E-state index is -4.57. The summed E-state index contributed by atoms with van der Waals surface area (Å²) < 4.78 is 39.8. The summed E-state index contributed by atoms with van der Waals surface area (Å²) in [7, 11) is 0. The summed E-state index contributed by atoms with van der Waals surface area (Å²) in [6.07, 6.45) is -0.954. The Morgan fingerprint density at radius 3 is 2.31 bits per heavy atom. The predicted octanol–water partition coefficient (Wildman–Crippen LogP) is 5.61. The van der Waals surface area contributed by atoms with E-state index in [-0.39, 0.29) is 18.3 Å². The average Bonchev–Trinajstić information content (AvgIpc) is 2.72. The number of aliphatic hydroxyl groups is 1. The number of benzene rings is 2. The van der Waals surface area contributed by atoms with Gasteiger partial charge in [0.1, 0.15) is 0 Å². The molecule has 0 unspecified atom stereocenters. The summed E-state index contributed by atoms with van der Waals surface area (Å²) in [6, 6.07) is 13.1. The number of anilines is 1. The summed E-state index contributed by atoms with van der Waals surface area (Å²) in [5.74, 6) is 0. The molecule has 29 heavy (non-hydrogen) atoms. The zero-order valence-corrected chi connectivity index (χ0v) is 16.0. The zero-order valence-electron chi connectivity index (χ0n) is 16.0. The first-order valence-electron chi connectivity index (χ1n) is 9.83. The van der Waals surface area contributed by atoms with Crippen LogP contribution < -0.4 is 5.32 Å². The fourth-order valence-electron chi connectivity index (χ4n) is 3.78. The van der Waals surface area contributed by atoms with Gasteiger partial charge >= 0.3 is 12.2 Å². The van der Waals surface area contributed by atoms with E-state index in [9.17, 15) is 23.1 Å². The number of para-hydroxylation sites is 1. The molecule has 7 heteroatoms. The summed E-state index contributed by atoms with van der Waals surface area (Å²) in [5.41, 5.74) is -0.502. The largest absolute Gasteiger partial charge is 0.418 e. The first-order chi connectivity index (χ1) is 13.9. The Kier molecular flexibility index (Phi) is 6.79. The zero-order chi connectivity index (χ0) is 20.9. The van der Waals surface area contributed by atoms with Crippen molar-refractivity contribution in [2.24, 2.45) is 0 Å². The number of aliphatic hydroxyl groups excluding tert-OH is 1. The number of hydrogen-bond acceptors (Lipinski definition) is 2. The summed E-state index contributed by atoms with van der Waals surface area (Å²) in [6.45, 7) is 0.0225. The van der Waals surface area contributed by atoms with Crippen molar-refractivity contribution in [1.82, 2.24) is 4.90 Å². The Bertz CT molecular complexity index is 805. The Hall–Kier alpha value is -2.54. The molecule has 0 radical (unpaired) electrons. The summed E-state index contributed by atoms with van der Waals surface area (Å²) >= 11 is 0. The van der Waals surface area contributed by atoms with E-state index in [0.29, 0.717) is 5.56 Å². The highest BCUT2D eigenvalue weighted by Gasteiger charge is 2.35. The quantitative estimate of drug-likeness (QED) is 0.679. The van der Waals surface area contributed by atoms with Gasteiger partial charge in [-0.05, 0) is 30.5 Å². The van der Waals surface area contributed by atoms with Crippen LogP contribution in [0.2, 0.25) is 0 Å². The van der Waals surface area contributed by atoms with Crippen LogP contribution in [0.3, 0.4) is 0 Å². The Morgan fingerprint density at radius 2 is 1.66 bits per heavy atom. The predicted molar refractivity (Wildman–Crippen MR) is 105 cm³/mol. The minimum absolute atomic E-state index is 0.0225. The van der Waals surface area contributed by atoms with Crippen molar-refractivity contribution in [3.8, 4) is 0 Å². The van der Waals surface area contributed by atoms with Crippen LogP contribution in [0, 0.1) is 0 Å². The Balaban J connectivity index is 1.81. The van der Waals surface area contributed by atoms with Crippen molar-refractivity contribution in [1.29, 1.82) is 0 Å². The van der Waals surface area contributed by atoms with E-state index in [1.54, 1.807) is 24.3 Å². The molecule has 3 rings (SSSR count). The van der Waals surface area contributed by atoms with Gasteiger partial charge in [0, 0.05) is 6.04 Å². The van der Waals surface area contributed by atoms with Crippen LogP contribution >= 0.6 is 0 Å². The van der Waals surface area contributed by atoms with E-state index < -0.39 is 23.9 Å². The van der Waals surface area contributed by atoms with Gasteiger partial charge in [0.15, 0.2) is 0 Å². The Labute approximate surface area is 168 Å². The van der Waals surface area contributed by atoms with Crippen LogP contribution in [0.5, 0.6) is 0 Å². The molecule has 0 bridgehead atoms. The lowest BCUT2D eigenvalue weighted by Crippen LogP contribution is -2.46. The molecule has 4 nitrogen and oxygen atoms in total. The molecule has 2 N–H and O–H groups in total. The van der Waals surface area contributed by atoms with E-state index in [1.807, 2.05) is 6.07 Å². The molecule has 156 valence electrons. The molecule has 2 aromatic carbocycles. The molecular weight excluding hydrogens is 381 g/mol. The number of carbonyl (C=O) groups excluding carboxylic acids is 1. The molecule has 0 saturated heterocycles. The molecule has 0 spiro atoms. The number of hydrogen-bond donors (Lipinski definition) is 2. The topological polar surface area (TPSA) is 52.6 Å². The third kappa shape index (κ3) is 5.50. The highest BCUT2D eigenvalue weighted by Crippen LogP contribution is 2.35. The second-order valence-corrected chi connectivity index (χ2v) is 7.34. The van der Waals surface area contributed by atoms with E-state index in [1.165, 1.54) is 23.1 Å². The lowest BCUT2D eigenvalue weighted by Gasteiger charge is -2.36. The van der Waals surface area contributed by atoms with Crippen molar-refractivity contribution < 1.29 is 23.1 Å².